The van der Waals surface area contributed by atoms with Gasteiger partial charge in [-0.2, -0.15) is 0 Å². The predicted molar refractivity (Wildman–Crippen MR) is 92.9 cm³/mol. The molecular weight excluding hydrogens is 360 g/mol. The van der Waals surface area contributed by atoms with Gasteiger partial charge in [-0.3, -0.25) is 14.9 Å². The molecular formula is C17H22N2O8. The standard InChI is InChI=1S/C17H22N2O8/c1-17(2,3)27-16(23)18-13(15(21)22)8-9-14(20)26-10-11-4-6-12(7-5-11)19(24)25/h4-7,13H,8-10H2,1-3H3,(H,18,23)(H,21,22)/t13-/m0/s1. The molecule has 0 aromatic heterocycles. The van der Waals surface area contributed by atoms with Gasteiger partial charge in [-0.25, -0.2) is 9.59 Å². The van der Waals surface area contributed by atoms with E-state index in [9.17, 15) is 24.5 Å². The van der Waals surface area contributed by atoms with E-state index in [0.29, 0.717) is 5.56 Å². The minimum absolute atomic E-state index is 0.0809. The number of nitro benzene ring substituents is 1. The van der Waals surface area contributed by atoms with Crippen molar-refractivity contribution in [2.75, 3.05) is 0 Å². The highest BCUT2D eigenvalue weighted by atomic mass is 16.6. The summed E-state index contributed by atoms with van der Waals surface area (Å²) in [7, 11) is 0. The number of non-ortho nitro benzene ring substituents is 1. The second-order valence-electron chi connectivity index (χ2n) is 6.66. The molecule has 0 radical (unpaired) electrons. The molecule has 0 spiro atoms. The summed E-state index contributed by atoms with van der Waals surface area (Å²) in [6.45, 7) is 4.81. The molecule has 0 saturated heterocycles. The maximum Gasteiger partial charge on any atom is 0.408 e. The number of hydrogen-bond acceptors (Lipinski definition) is 7. The molecule has 0 bridgehead atoms. The fourth-order valence-corrected chi connectivity index (χ4v) is 1.92. The van der Waals surface area contributed by atoms with Gasteiger partial charge in [-0.15, -0.1) is 0 Å². The number of nitro groups is 1. The highest BCUT2D eigenvalue weighted by Gasteiger charge is 2.24. The molecule has 2 N–H and O–H groups in total. The third kappa shape index (κ3) is 8.66. The Labute approximate surface area is 155 Å². The lowest BCUT2D eigenvalue weighted by Crippen LogP contribution is -2.43. The van der Waals surface area contributed by atoms with Crippen molar-refractivity contribution >= 4 is 23.7 Å². The van der Waals surface area contributed by atoms with Crippen LogP contribution >= 0.6 is 0 Å². The topological polar surface area (TPSA) is 145 Å². The lowest BCUT2D eigenvalue weighted by Gasteiger charge is -2.21. The summed E-state index contributed by atoms with van der Waals surface area (Å²) in [4.78, 5) is 44.6. The van der Waals surface area contributed by atoms with E-state index in [1.165, 1.54) is 24.3 Å². The van der Waals surface area contributed by atoms with Crippen molar-refractivity contribution in [2.24, 2.45) is 0 Å². The molecule has 0 saturated carbocycles. The smallest absolute Gasteiger partial charge is 0.408 e. The minimum atomic E-state index is -1.30. The number of amides is 1. The maximum absolute atomic E-state index is 11.8. The van der Waals surface area contributed by atoms with Gasteiger partial charge in [0.25, 0.3) is 5.69 Å². The first-order valence-corrected chi connectivity index (χ1v) is 8.09. The number of aliphatic carboxylic acids is 1. The van der Waals surface area contributed by atoms with Crippen LogP contribution in [0.3, 0.4) is 0 Å². The third-order valence-electron chi connectivity index (χ3n) is 3.17. The van der Waals surface area contributed by atoms with E-state index < -0.39 is 34.6 Å². The van der Waals surface area contributed by atoms with Crippen molar-refractivity contribution in [2.45, 2.75) is 51.9 Å². The molecule has 0 aliphatic rings. The highest BCUT2D eigenvalue weighted by Crippen LogP contribution is 2.13. The fraction of sp³-hybridized carbons (Fsp3) is 0.471. The number of carbonyl (C=O) groups is 3. The molecule has 0 aliphatic heterocycles. The first-order valence-electron chi connectivity index (χ1n) is 8.09. The first kappa shape index (κ1) is 21.9. The van der Waals surface area contributed by atoms with Gasteiger partial charge in [0.2, 0.25) is 0 Å². The number of ether oxygens (including phenoxy) is 2. The summed E-state index contributed by atoms with van der Waals surface area (Å²) in [6.07, 6.45) is -1.30. The summed E-state index contributed by atoms with van der Waals surface area (Å²) < 4.78 is 9.98. The van der Waals surface area contributed by atoms with Crippen LogP contribution in [-0.2, 0) is 25.7 Å². The van der Waals surface area contributed by atoms with Gasteiger partial charge in [0.1, 0.15) is 18.2 Å². The Balaban J connectivity index is 2.46. The molecule has 0 heterocycles. The van der Waals surface area contributed by atoms with Gasteiger partial charge in [0, 0.05) is 18.6 Å². The van der Waals surface area contributed by atoms with Crippen LogP contribution < -0.4 is 5.32 Å². The van der Waals surface area contributed by atoms with E-state index in [-0.39, 0.29) is 25.1 Å². The maximum atomic E-state index is 11.8. The predicted octanol–water partition coefficient (Wildman–Crippen LogP) is 2.40. The molecule has 1 aromatic rings. The number of rotatable bonds is 8. The second kappa shape index (κ2) is 9.51. The van der Waals surface area contributed by atoms with Gasteiger partial charge in [-0.05, 0) is 44.9 Å². The number of esters is 1. The van der Waals surface area contributed by atoms with Gasteiger partial charge in [0.15, 0.2) is 0 Å². The quantitative estimate of drug-likeness (QED) is 0.396. The molecule has 1 aromatic carbocycles. The average molecular weight is 382 g/mol. The van der Waals surface area contributed by atoms with Crippen molar-refractivity contribution in [1.29, 1.82) is 0 Å². The van der Waals surface area contributed by atoms with Crippen molar-refractivity contribution in [3.05, 3.63) is 39.9 Å². The molecule has 1 rings (SSSR count). The fourth-order valence-electron chi connectivity index (χ4n) is 1.92. The van der Waals surface area contributed by atoms with E-state index >= 15 is 0 Å². The van der Waals surface area contributed by atoms with Gasteiger partial charge >= 0.3 is 18.0 Å². The summed E-state index contributed by atoms with van der Waals surface area (Å²) in [5, 5.41) is 21.9. The number of carbonyl (C=O) groups excluding carboxylic acids is 2. The van der Waals surface area contributed by atoms with Crippen molar-refractivity contribution in [3.8, 4) is 0 Å². The summed E-state index contributed by atoms with van der Waals surface area (Å²) >= 11 is 0. The number of nitrogens with zero attached hydrogens (tertiary/aromatic N) is 1. The zero-order chi connectivity index (χ0) is 20.6. The number of carboxylic acid groups (broad SMARTS) is 1. The number of alkyl carbamates (subject to hydrolysis) is 1. The van der Waals surface area contributed by atoms with Crippen molar-refractivity contribution < 1.29 is 33.9 Å². The van der Waals surface area contributed by atoms with Crippen LogP contribution in [0.2, 0.25) is 0 Å². The highest BCUT2D eigenvalue weighted by molar-refractivity contribution is 5.80. The number of hydrogen-bond donors (Lipinski definition) is 2. The molecule has 1 atom stereocenters. The summed E-state index contributed by atoms with van der Waals surface area (Å²) in [6, 6.07) is 4.18. The molecule has 148 valence electrons. The van der Waals surface area contributed by atoms with Crippen LogP contribution in [0.15, 0.2) is 24.3 Å². The van der Waals surface area contributed by atoms with E-state index in [0.717, 1.165) is 0 Å². The molecule has 27 heavy (non-hydrogen) atoms. The Morgan fingerprint density at radius 2 is 1.81 bits per heavy atom. The van der Waals surface area contributed by atoms with Crippen LogP contribution in [0.4, 0.5) is 10.5 Å². The molecule has 10 nitrogen and oxygen atoms in total. The average Bonchev–Trinajstić information content (AvgIpc) is 2.55. The minimum Gasteiger partial charge on any atom is -0.480 e. The van der Waals surface area contributed by atoms with Crippen LogP contribution in [-0.4, -0.2) is 39.7 Å². The van der Waals surface area contributed by atoms with Crippen molar-refractivity contribution in [3.63, 3.8) is 0 Å². The zero-order valence-electron chi connectivity index (χ0n) is 15.3. The SMILES string of the molecule is CC(C)(C)OC(=O)N[C@@H](CCC(=O)OCc1ccc([N+](=O)[O-])cc1)C(=O)O. The Morgan fingerprint density at radius 3 is 2.30 bits per heavy atom. The number of benzene rings is 1. The Hall–Kier alpha value is -3.17. The molecule has 1 amide bonds. The lowest BCUT2D eigenvalue weighted by molar-refractivity contribution is -0.384. The Bertz CT molecular complexity index is 694. The number of nitrogens with one attached hydrogen (secondary N) is 1. The van der Waals surface area contributed by atoms with E-state index in [2.05, 4.69) is 5.32 Å². The normalized spacial score (nSPS) is 12.0. The third-order valence-corrected chi connectivity index (χ3v) is 3.17. The van der Waals surface area contributed by atoms with Crippen LogP contribution in [0.25, 0.3) is 0 Å². The van der Waals surface area contributed by atoms with Crippen LogP contribution in [0, 0.1) is 10.1 Å². The van der Waals surface area contributed by atoms with Gasteiger partial charge in [0.05, 0.1) is 4.92 Å². The number of carboxylic acids is 1. The van der Waals surface area contributed by atoms with Gasteiger partial charge < -0.3 is 19.9 Å². The second-order valence-corrected chi connectivity index (χ2v) is 6.66. The molecule has 0 fully saturated rings. The largest absolute Gasteiger partial charge is 0.480 e. The van der Waals surface area contributed by atoms with E-state index in [1.54, 1.807) is 20.8 Å². The Kier molecular flexibility index (Phi) is 7.70. The first-order chi connectivity index (χ1) is 12.5. The van der Waals surface area contributed by atoms with Crippen LogP contribution in [0.5, 0.6) is 0 Å². The van der Waals surface area contributed by atoms with E-state index in [1.807, 2.05) is 0 Å². The van der Waals surface area contributed by atoms with E-state index in [4.69, 9.17) is 14.6 Å². The molecule has 0 aliphatic carbocycles. The molecule has 0 unspecified atom stereocenters. The monoisotopic (exact) mass is 382 g/mol. The summed E-state index contributed by atoms with van der Waals surface area (Å²) in [5.41, 5.74) is -0.310. The lowest BCUT2D eigenvalue weighted by atomic mass is 10.1. The van der Waals surface area contributed by atoms with Crippen molar-refractivity contribution in [1.82, 2.24) is 5.32 Å². The molecule has 10 heteroatoms. The Morgan fingerprint density at radius 1 is 1.22 bits per heavy atom. The summed E-state index contributed by atoms with van der Waals surface area (Å²) in [5.74, 6) is -1.96. The van der Waals surface area contributed by atoms with Gasteiger partial charge in [-0.1, -0.05) is 0 Å². The van der Waals surface area contributed by atoms with Crippen LogP contribution in [0.1, 0.15) is 39.2 Å². The zero-order valence-corrected chi connectivity index (χ0v) is 15.3.